The minimum atomic E-state index is 0.763. The van der Waals surface area contributed by atoms with Gasteiger partial charge in [0.25, 0.3) is 0 Å². The van der Waals surface area contributed by atoms with E-state index in [2.05, 4.69) is 53.2 Å². The molecule has 106 valence electrons. The third-order valence-corrected chi connectivity index (χ3v) is 4.43. The summed E-state index contributed by atoms with van der Waals surface area (Å²) in [5.74, 6) is 0.763. The molecule has 3 heteroatoms. The number of hydrogen-bond acceptors (Lipinski definition) is 2. The van der Waals surface area contributed by atoms with Gasteiger partial charge in [0.15, 0.2) is 0 Å². The number of nitrogens with one attached hydrogen (secondary N) is 1. The lowest BCUT2D eigenvalue weighted by Crippen LogP contribution is -2.30. The Morgan fingerprint density at radius 2 is 1.90 bits per heavy atom. The lowest BCUT2D eigenvalue weighted by molar-refractivity contribution is 0.319. The van der Waals surface area contributed by atoms with Crippen LogP contribution >= 0.6 is 0 Å². The highest BCUT2D eigenvalue weighted by atomic mass is 15.3. The van der Waals surface area contributed by atoms with Crippen LogP contribution in [0.5, 0.6) is 0 Å². The van der Waals surface area contributed by atoms with Crippen molar-refractivity contribution < 1.29 is 0 Å². The molecule has 0 bridgehead atoms. The molecule has 1 aliphatic rings. The van der Waals surface area contributed by atoms with Gasteiger partial charge in [0, 0.05) is 17.8 Å². The smallest absolute Gasteiger partial charge is 0.0571 e. The zero-order chi connectivity index (χ0) is 13.9. The number of piperidine rings is 1. The first-order valence-corrected chi connectivity index (χ1v) is 7.55. The molecule has 0 aliphatic carbocycles. The standard InChI is InChI=1S/C17H23N3/c1-13-5-3-4-6-16(13)17-11-19-20(14(17)2)12-15-7-9-18-10-8-15/h3-6,11,15,18H,7-10,12H2,1-2H3. The highest BCUT2D eigenvalue weighted by Crippen LogP contribution is 2.27. The van der Waals surface area contributed by atoms with Crippen molar-refractivity contribution in [2.45, 2.75) is 33.2 Å². The molecule has 20 heavy (non-hydrogen) atoms. The first-order chi connectivity index (χ1) is 9.75. The van der Waals surface area contributed by atoms with Gasteiger partial charge in [-0.2, -0.15) is 5.10 Å². The topological polar surface area (TPSA) is 29.9 Å². The third kappa shape index (κ3) is 2.63. The fourth-order valence-electron chi connectivity index (χ4n) is 3.08. The maximum Gasteiger partial charge on any atom is 0.0571 e. The summed E-state index contributed by atoms with van der Waals surface area (Å²) >= 11 is 0. The van der Waals surface area contributed by atoms with Gasteiger partial charge in [-0.1, -0.05) is 24.3 Å². The number of rotatable bonds is 3. The van der Waals surface area contributed by atoms with Crippen LogP contribution in [0.25, 0.3) is 11.1 Å². The molecule has 3 nitrogen and oxygen atoms in total. The molecule has 1 aromatic heterocycles. The van der Waals surface area contributed by atoms with E-state index in [-0.39, 0.29) is 0 Å². The summed E-state index contributed by atoms with van der Waals surface area (Å²) in [7, 11) is 0. The van der Waals surface area contributed by atoms with Crippen molar-refractivity contribution in [2.24, 2.45) is 5.92 Å². The maximum atomic E-state index is 4.62. The van der Waals surface area contributed by atoms with Gasteiger partial charge in [0.05, 0.1) is 6.20 Å². The molecule has 0 amide bonds. The molecule has 0 atom stereocenters. The summed E-state index contributed by atoms with van der Waals surface area (Å²) < 4.78 is 2.19. The van der Waals surface area contributed by atoms with Gasteiger partial charge in [-0.3, -0.25) is 4.68 Å². The minimum absolute atomic E-state index is 0.763. The largest absolute Gasteiger partial charge is 0.317 e. The average molecular weight is 269 g/mol. The van der Waals surface area contributed by atoms with Crippen molar-refractivity contribution in [2.75, 3.05) is 13.1 Å². The third-order valence-electron chi connectivity index (χ3n) is 4.43. The first-order valence-electron chi connectivity index (χ1n) is 7.55. The molecule has 1 fully saturated rings. The number of nitrogens with zero attached hydrogens (tertiary/aromatic N) is 2. The monoisotopic (exact) mass is 269 g/mol. The Bertz CT molecular complexity index is 580. The zero-order valence-corrected chi connectivity index (χ0v) is 12.4. The molecular formula is C17H23N3. The van der Waals surface area contributed by atoms with Crippen LogP contribution in [0.1, 0.15) is 24.1 Å². The van der Waals surface area contributed by atoms with Gasteiger partial charge in [-0.05, 0) is 56.8 Å². The van der Waals surface area contributed by atoms with Crippen molar-refractivity contribution in [1.82, 2.24) is 15.1 Å². The highest BCUT2D eigenvalue weighted by molar-refractivity contribution is 5.68. The average Bonchev–Trinajstić information content (AvgIpc) is 2.82. The van der Waals surface area contributed by atoms with Crippen molar-refractivity contribution in [1.29, 1.82) is 0 Å². The number of hydrogen-bond donors (Lipinski definition) is 1. The number of aromatic nitrogens is 2. The second-order valence-corrected chi connectivity index (χ2v) is 5.83. The summed E-state index contributed by atoms with van der Waals surface area (Å²) in [6.07, 6.45) is 4.55. The zero-order valence-electron chi connectivity index (χ0n) is 12.4. The Balaban J connectivity index is 1.83. The summed E-state index contributed by atoms with van der Waals surface area (Å²) in [6.45, 7) is 7.71. The van der Waals surface area contributed by atoms with E-state index in [0.717, 1.165) is 25.6 Å². The van der Waals surface area contributed by atoms with Gasteiger partial charge < -0.3 is 5.32 Å². The van der Waals surface area contributed by atoms with Gasteiger partial charge >= 0.3 is 0 Å². The molecule has 0 saturated carbocycles. The molecule has 2 heterocycles. The van der Waals surface area contributed by atoms with Crippen LogP contribution in [0.2, 0.25) is 0 Å². The maximum absolute atomic E-state index is 4.62. The molecule has 1 saturated heterocycles. The molecule has 0 spiro atoms. The molecule has 1 aromatic carbocycles. The fourth-order valence-corrected chi connectivity index (χ4v) is 3.08. The van der Waals surface area contributed by atoms with E-state index in [9.17, 15) is 0 Å². The Kier molecular flexibility index (Phi) is 3.88. The minimum Gasteiger partial charge on any atom is -0.317 e. The van der Waals surface area contributed by atoms with Crippen LogP contribution in [-0.2, 0) is 6.54 Å². The summed E-state index contributed by atoms with van der Waals surface area (Å²) in [6, 6.07) is 8.55. The van der Waals surface area contributed by atoms with E-state index < -0.39 is 0 Å². The summed E-state index contributed by atoms with van der Waals surface area (Å²) in [5.41, 5.74) is 5.19. The number of benzene rings is 1. The summed E-state index contributed by atoms with van der Waals surface area (Å²) in [5, 5.41) is 8.05. The van der Waals surface area contributed by atoms with Crippen LogP contribution in [0.4, 0.5) is 0 Å². The molecule has 0 radical (unpaired) electrons. The van der Waals surface area contributed by atoms with Crippen LogP contribution in [0.3, 0.4) is 0 Å². The van der Waals surface area contributed by atoms with Crippen molar-refractivity contribution in [3.63, 3.8) is 0 Å². The Hall–Kier alpha value is -1.61. The molecule has 1 aliphatic heterocycles. The van der Waals surface area contributed by atoms with Crippen LogP contribution < -0.4 is 5.32 Å². The Labute approximate surface area is 121 Å². The van der Waals surface area contributed by atoms with Crippen LogP contribution in [-0.4, -0.2) is 22.9 Å². The second-order valence-electron chi connectivity index (χ2n) is 5.83. The first kappa shape index (κ1) is 13.4. The highest BCUT2D eigenvalue weighted by Gasteiger charge is 2.16. The molecule has 1 N–H and O–H groups in total. The van der Waals surface area contributed by atoms with Gasteiger partial charge in [-0.25, -0.2) is 0 Å². The van der Waals surface area contributed by atoms with E-state index in [0.29, 0.717) is 0 Å². The van der Waals surface area contributed by atoms with E-state index in [1.807, 2.05) is 6.20 Å². The van der Waals surface area contributed by atoms with Gasteiger partial charge in [0.2, 0.25) is 0 Å². The van der Waals surface area contributed by atoms with Crippen LogP contribution in [0.15, 0.2) is 30.5 Å². The van der Waals surface area contributed by atoms with E-state index in [4.69, 9.17) is 0 Å². The molecule has 2 aromatic rings. The summed E-state index contributed by atoms with van der Waals surface area (Å²) in [4.78, 5) is 0. The molecule has 3 rings (SSSR count). The predicted octanol–water partition coefficient (Wildman–Crippen LogP) is 3.17. The lowest BCUT2D eigenvalue weighted by Gasteiger charge is -2.23. The van der Waals surface area contributed by atoms with Crippen molar-refractivity contribution >= 4 is 0 Å². The second kappa shape index (κ2) is 5.80. The normalized spacial score (nSPS) is 16.5. The predicted molar refractivity (Wildman–Crippen MR) is 82.7 cm³/mol. The van der Waals surface area contributed by atoms with E-state index in [1.54, 1.807) is 0 Å². The SMILES string of the molecule is Cc1ccccc1-c1cnn(CC2CCNCC2)c1C. The quantitative estimate of drug-likeness (QED) is 0.927. The molecule has 0 unspecified atom stereocenters. The fraction of sp³-hybridized carbons (Fsp3) is 0.471. The Morgan fingerprint density at radius 3 is 2.65 bits per heavy atom. The van der Waals surface area contributed by atoms with Crippen molar-refractivity contribution in [3.8, 4) is 11.1 Å². The van der Waals surface area contributed by atoms with Crippen LogP contribution in [0, 0.1) is 19.8 Å². The lowest BCUT2D eigenvalue weighted by atomic mass is 9.98. The van der Waals surface area contributed by atoms with Gasteiger partial charge in [0.1, 0.15) is 0 Å². The van der Waals surface area contributed by atoms with Gasteiger partial charge in [-0.15, -0.1) is 0 Å². The van der Waals surface area contributed by atoms with E-state index in [1.165, 1.54) is 35.2 Å². The Morgan fingerprint density at radius 1 is 1.15 bits per heavy atom. The van der Waals surface area contributed by atoms with E-state index >= 15 is 0 Å². The number of aryl methyl sites for hydroxylation is 1. The molecular weight excluding hydrogens is 246 g/mol. The van der Waals surface area contributed by atoms with Crippen molar-refractivity contribution in [3.05, 3.63) is 41.7 Å².